The molecule has 0 aliphatic heterocycles. The minimum atomic E-state index is -0.341. The second-order valence-corrected chi connectivity index (χ2v) is 6.66. The second kappa shape index (κ2) is 9.18. The van der Waals surface area contributed by atoms with Crippen molar-refractivity contribution in [2.75, 3.05) is 14.2 Å². The SMILES string of the molecule is COc1cccc(OC)c1OCc1nc(C(=O)NCc2cccc(F)c2)cs1. The molecule has 1 N–H and O–H groups in total. The zero-order chi connectivity index (χ0) is 19.9. The van der Waals surface area contributed by atoms with Gasteiger partial charge in [0.25, 0.3) is 5.91 Å². The molecule has 6 nitrogen and oxygen atoms in total. The van der Waals surface area contributed by atoms with Crippen LogP contribution in [0.15, 0.2) is 47.8 Å². The van der Waals surface area contributed by atoms with Gasteiger partial charge in [0.1, 0.15) is 23.1 Å². The molecule has 0 saturated carbocycles. The summed E-state index contributed by atoms with van der Waals surface area (Å²) in [6.45, 7) is 0.386. The zero-order valence-corrected chi connectivity index (χ0v) is 16.2. The molecule has 0 bridgehead atoms. The molecule has 1 amide bonds. The maximum absolute atomic E-state index is 13.2. The van der Waals surface area contributed by atoms with Crippen molar-refractivity contribution in [1.82, 2.24) is 10.3 Å². The average Bonchev–Trinajstić information content (AvgIpc) is 3.19. The van der Waals surface area contributed by atoms with Crippen molar-refractivity contribution in [3.05, 3.63) is 69.9 Å². The first-order valence-electron chi connectivity index (χ1n) is 8.41. The van der Waals surface area contributed by atoms with Gasteiger partial charge in [0.15, 0.2) is 11.5 Å². The number of halogens is 1. The van der Waals surface area contributed by atoms with Crippen LogP contribution in [0.25, 0.3) is 0 Å². The number of carbonyl (C=O) groups is 1. The smallest absolute Gasteiger partial charge is 0.271 e. The molecule has 0 spiro atoms. The Morgan fingerprint density at radius 2 is 1.86 bits per heavy atom. The highest BCUT2D eigenvalue weighted by atomic mass is 32.1. The van der Waals surface area contributed by atoms with Crippen molar-refractivity contribution in [1.29, 1.82) is 0 Å². The van der Waals surface area contributed by atoms with E-state index in [0.29, 0.717) is 27.8 Å². The summed E-state index contributed by atoms with van der Waals surface area (Å²) in [5.41, 5.74) is 0.961. The number of para-hydroxylation sites is 1. The maximum atomic E-state index is 13.2. The van der Waals surface area contributed by atoms with Crippen molar-refractivity contribution >= 4 is 17.2 Å². The van der Waals surface area contributed by atoms with Crippen LogP contribution in [0.2, 0.25) is 0 Å². The number of carbonyl (C=O) groups excluding carboxylic acids is 1. The van der Waals surface area contributed by atoms with Crippen LogP contribution in [0.5, 0.6) is 17.2 Å². The van der Waals surface area contributed by atoms with Gasteiger partial charge in [-0.1, -0.05) is 18.2 Å². The average molecular weight is 402 g/mol. The molecular formula is C20H19FN2O4S. The van der Waals surface area contributed by atoms with E-state index in [0.717, 1.165) is 0 Å². The van der Waals surface area contributed by atoms with E-state index in [1.54, 1.807) is 49.9 Å². The largest absolute Gasteiger partial charge is 0.493 e. The van der Waals surface area contributed by atoms with Crippen LogP contribution >= 0.6 is 11.3 Å². The normalized spacial score (nSPS) is 10.4. The number of hydrogen-bond acceptors (Lipinski definition) is 6. The van der Waals surface area contributed by atoms with Gasteiger partial charge in [-0.3, -0.25) is 4.79 Å². The third-order valence-corrected chi connectivity index (χ3v) is 4.67. The van der Waals surface area contributed by atoms with Crippen LogP contribution in [-0.4, -0.2) is 25.1 Å². The van der Waals surface area contributed by atoms with Crippen molar-refractivity contribution < 1.29 is 23.4 Å². The van der Waals surface area contributed by atoms with Crippen molar-refractivity contribution in [2.45, 2.75) is 13.2 Å². The van der Waals surface area contributed by atoms with Crippen LogP contribution < -0.4 is 19.5 Å². The van der Waals surface area contributed by atoms with Gasteiger partial charge in [-0.25, -0.2) is 9.37 Å². The first kappa shape index (κ1) is 19.6. The lowest BCUT2D eigenvalue weighted by Gasteiger charge is -2.13. The van der Waals surface area contributed by atoms with Gasteiger partial charge in [0, 0.05) is 11.9 Å². The lowest BCUT2D eigenvalue weighted by atomic mass is 10.2. The third-order valence-electron chi connectivity index (χ3n) is 3.85. The number of aromatic nitrogens is 1. The van der Waals surface area contributed by atoms with Gasteiger partial charge < -0.3 is 19.5 Å². The lowest BCUT2D eigenvalue weighted by Crippen LogP contribution is -2.23. The zero-order valence-electron chi connectivity index (χ0n) is 15.4. The highest BCUT2D eigenvalue weighted by Crippen LogP contribution is 2.37. The number of ether oxygens (including phenoxy) is 3. The van der Waals surface area contributed by atoms with Gasteiger partial charge in [-0.15, -0.1) is 11.3 Å². The Hall–Kier alpha value is -3.13. The molecule has 0 atom stereocenters. The summed E-state index contributed by atoms with van der Waals surface area (Å²) < 4.78 is 29.6. The van der Waals surface area contributed by atoms with E-state index in [-0.39, 0.29) is 30.6 Å². The molecule has 0 fully saturated rings. The summed E-state index contributed by atoms with van der Waals surface area (Å²) in [6.07, 6.45) is 0. The third kappa shape index (κ3) is 4.77. The summed E-state index contributed by atoms with van der Waals surface area (Å²) in [4.78, 5) is 16.5. The number of amides is 1. The van der Waals surface area contributed by atoms with Crippen LogP contribution in [-0.2, 0) is 13.2 Å². The Kier molecular flexibility index (Phi) is 6.44. The van der Waals surface area contributed by atoms with Crippen molar-refractivity contribution in [3.8, 4) is 17.2 Å². The molecule has 146 valence electrons. The van der Waals surface area contributed by atoms with Crippen LogP contribution in [0.1, 0.15) is 21.1 Å². The van der Waals surface area contributed by atoms with Gasteiger partial charge in [0.2, 0.25) is 5.75 Å². The molecule has 3 aromatic rings. The second-order valence-electron chi connectivity index (χ2n) is 5.72. The highest BCUT2D eigenvalue weighted by molar-refractivity contribution is 7.09. The van der Waals surface area contributed by atoms with Gasteiger partial charge in [-0.2, -0.15) is 0 Å². The molecule has 3 rings (SSSR count). The quantitative estimate of drug-likeness (QED) is 0.621. The Morgan fingerprint density at radius 1 is 1.14 bits per heavy atom. The van der Waals surface area contributed by atoms with Crippen LogP contribution in [0, 0.1) is 5.82 Å². The first-order valence-corrected chi connectivity index (χ1v) is 9.29. The van der Waals surface area contributed by atoms with E-state index in [1.165, 1.54) is 23.5 Å². The maximum Gasteiger partial charge on any atom is 0.271 e. The van der Waals surface area contributed by atoms with Crippen molar-refractivity contribution in [3.63, 3.8) is 0 Å². The fraction of sp³-hybridized carbons (Fsp3) is 0.200. The molecular weight excluding hydrogens is 383 g/mol. The molecule has 8 heteroatoms. The van der Waals surface area contributed by atoms with E-state index in [4.69, 9.17) is 14.2 Å². The van der Waals surface area contributed by atoms with Gasteiger partial charge >= 0.3 is 0 Å². The summed E-state index contributed by atoms with van der Waals surface area (Å²) in [7, 11) is 3.10. The molecule has 1 aromatic heterocycles. The fourth-order valence-electron chi connectivity index (χ4n) is 2.49. The monoisotopic (exact) mass is 402 g/mol. The van der Waals surface area contributed by atoms with Gasteiger partial charge in [-0.05, 0) is 29.8 Å². The van der Waals surface area contributed by atoms with E-state index in [2.05, 4.69) is 10.3 Å². The number of thiazole rings is 1. The fourth-order valence-corrected chi connectivity index (χ4v) is 3.18. The molecule has 1 heterocycles. The molecule has 0 unspecified atom stereocenters. The molecule has 28 heavy (non-hydrogen) atoms. The van der Waals surface area contributed by atoms with E-state index in [9.17, 15) is 9.18 Å². The number of nitrogens with zero attached hydrogens (tertiary/aromatic N) is 1. The predicted octanol–water partition coefficient (Wildman–Crippen LogP) is 3.81. The van der Waals surface area contributed by atoms with Gasteiger partial charge in [0.05, 0.1) is 14.2 Å². The summed E-state index contributed by atoms with van der Waals surface area (Å²) in [6, 6.07) is 11.4. The van der Waals surface area contributed by atoms with E-state index >= 15 is 0 Å². The standard InChI is InChI=1S/C20H19FN2O4S/c1-25-16-7-4-8-17(26-2)19(16)27-11-18-23-15(12-28-18)20(24)22-10-13-5-3-6-14(21)9-13/h3-9,12H,10-11H2,1-2H3,(H,22,24). The Labute approximate surface area is 165 Å². The number of benzene rings is 2. The number of nitrogens with one attached hydrogen (secondary N) is 1. The minimum absolute atomic E-state index is 0.165. The molecule has 0 aliphatic rings. The predicted molar refractivity (Wildman–Crippen MR) is 104 cm³/mol. The van der Waals surface area contributed by atoms with Crippen LogP contribution in [0.3, 0.4) is 0 Å². The van der Waals surface area contributed by atoms with Crippen molar-refractivity contribution in [2.24, 2.45) is 0 Å². The first-order chi connectivity index (χ1) is 13.6. The molecule has 0 radical (unpaired) electrons. The number of rotatable bonds is 8. The Balaban J connectivity index is 1.61. The van der Waals surface area contributed by atoms with Crippen LogP contribution in [0.4, 0.5) is 4.39 Å². The summed E-state index contributed by atoms with van der Waals surface area (Å²) >= 11 is 1.31. The minimum Gasteiger partial charge on any atom is -0.493 e. The summed E-state index contributed by atoms with van der Waals surface area (Å²) in [5.74, 6) is 0.890. The summed E-state index contributed by atoms with van der Waals surface area (Å²) in [5, 5.41) is 5.00. The lowest BCUT2D eigenvalue weighted by molar-refractivity contribution is 0.0946. The molecule has 2 aromatic carbocycles. The van der Waals surface area contributed by atoms with E-state index < -0.39 is 0 Å². The highest BCUT2D eigenvalue weighted by Gasteiger charge is 2.14. The Bertz CT molecular complexity index is 939. The number of hydrogen-bond donors (Lipinski definition) is 1. The van der Waals surface area contributed by atoms with E-state index in [1.807, 2.05) is 0 Å². The molecule has 0 saturated heterocycles. The number of methoxy groups -OCH3 is 2. The Morgan fingerprint density at radius 3 is 2.54 bits per heavy atom. The topological polar surface area (TPSA) is 69.7 Å². The molecule has 0 aliphatic carbocycles.